The van der Waals surface area contributed by atoms with Gasteiger partial charge in [-0.05, 0) is 36.5 Å². The van der Waals surface area contributed by atoms with Crippen molar-refractivity contribution in [2.45, 2.75) is 70.9 Å². The molecule has 0 aromatic carbocycles. The van der Waals surface area contributed by atoms with Crippen LogP contribution in [0.2, 0.25) is 0 Å². The highest BCUT2D eigenvalue weighted by Gasteiger charge is 2.34. The molecule has 1 aliphatic rings. The van der Waals surface area contributed by atoms with E-state index in [1.54, 1.807) is 0 Å². The van der Waals surface area contributed by atoms with Gasteiger partial charge >= 0.3 is 0 Å². The summed E-state index contributed by atoms with van der Waals surface area (Å²) >= 11 is 3.94. The number of thiazole rings is 1. The minimum absolute atomic E-state index is 0.370. The summed E-state index contributed by atoms with van der Waals surface area (Å²) in [4.78, 5) is 6.45. The van der Waals surface area contributed by atoms with E-state index in [4.69, 9.17) is 4.98 Å². The second kappa shape index (κ2) is 6.80. The summed E-state index contributed by atoms with van der Waals surface area (Å²) in [5, 5.41) is 5.72. The van der Waals surface area contributed by atoms with Crippen molar-refractivity contribution >= 4 is 23.1 Å². The normalized spacial score (nSPS) is 21.2. The van der Waals surface area contributed by atoms with Crippen molar-refractivity contribution in [3.05, 3.63) is 15.6 Å². The van der Waals surface area contributed by atoms with Crippen LogP contribution in [0.5, 0.6) is 0 Å². The Morgan fingerprint density at radius 1 is 1.45 bits per heavy atom. The van der Waals surface area contributed by atoms with Gasteiger partial charge < -0.3 is 5.32 Å². The molecule has 2 rings (SSSR count). The maximum Gasteiger partial charge on any atom is 0.103 e. The Kier molecular flexibility index (Phi) is 5.55. The van der Waals surface area contributed by atoms with E-state index in [1.165, 1.54) is 28.4 Å². The van der Waals surface area contributed by atoms with Crippen molar-refractivity contribution in [2.24, 2.45) is 5.41 Å². The summed E-state index contributed by atoms with van der Waals surface area (Å²) in [6.07, 6.45) is 3.57. The third-order valence-corrected chi connectivity index (χ3v) is 6.17. The molecule has 0 radical (unpaired) electrons. The second-order valence-electron chi connectivity index (χ2n) is 6.83. The first-order valence-corrected chi connectivity index (χ1v) is 9.61. The molecule has 1 N–H and O–H groups in total. The lowest BCUT2D eigenvalue weighted by molar-refractivity contribution is 0.258. The van der Waals surface area contributed by atoms with Gasteiger partial charge in [0.15, 0.2) is 0 Å². The minimum Gasteiger partial charge on any atom is -0.309 e. The molecule has 4 heteroatoms. The molecule has 0 amide bonds. The number of rotatable bonds is 6. The number of aromatic nitrogens is 1. The summed E-state index contributed by atoms with van der Waals surface area (Å²) in [5.74, 6) is 1.07. The van der Waals surface area contributed by atoms with Gasteiger partial charge in [0.05, 0.1) is 5.69 Å². The van der Waals surface area contributed by atoms with Crippen LogP contribution >= 0.6 is 23.1 Å². The topological polar surface area (TPSA) is 24.9 Å². The maximum absolute atomic E-state index is 4.93. The lowest BCUT2D eigenvalue weighted by Crippen LogP contribution is -2.33. The van der Waals surface area contributed by atoms with Gasteiger partial charge in [-0.25, -0.2) is 4.98 Å². The highest BCUT2D eigenvalue weighted by molar-refractivity contribution is 7.99. The molecule has 0 saturated heterocycles. The summed E-state index contributed by atoms with van der Waals surface area (Å²) in [5.41, 5.74) is 1.73. The third-order valence-electron chi connectivity index (χ3n) is 3.67. The molecule has 1 aromatic rings. The molecule has 1 heterocycles. The van der Waals surface area contributed by atoms with Gasteiger partial charge in [-0.1, -0.05) is 34.6 Å². The van der Waals surface area contributed by atoms with Crippen molar-refractivity contribution in [2.75, 3.05) is 6.54 Å². The predicted octanol–water partition coefficient (Wildman–Crippen LogP) is 4.80. The summed E-state index contributed by atoms with van der Waals surface area (Å²) in [7, 11) is 0. The van der Waals surface area contributed by atoms with E-state index in [9.17, 15) is 0 Å². The number of nitrogens with zero attached hydrogens (tertiary/aromatic N) is 1. The van der Waals surface area contributed by atoms with E-state index in [0.29, 0.717) is 16.7 Å². The molecule has 20 heavy (non-hydrogen) atoms. The van der Waals surface area contributed by atoms with E-state index < -0.39 is 0 Å². The molecule has 1 unspecified atom stereocenters. The molecule has 0 bridgehead atoms. The molecule has 1 aliphatic carbocycles. The van der Waals surface area contributed by atoms with Gasteiger partial charge in [0.1, 0.15) is 5.01 Å². The molecular formula is C16H28N2S2. The number of fused-ring (bicyclic) bond motifs is 1. The van der Waals surface area contributed by atoms with E-state index in [-0.39, 0.29) is 0 Å². The lowest BCUT2D eigenvalue weighted by atomic mass is 9.76. The predicted molar refractivity (Wildman–Crippen MR) is 91.7 cm³/mol. The van der Waals surface area contributed by atoms with Gasteiger partial charge in [-0.2, -0.15) is 11.8 Å². The average Bonchev–Trinajstić information content (AvgIpc) is 2.74. The molecule has 0 aliphatic heterocycles. The standard InChI is InChI=1S/C16H28N2S2/c1-6-7-17-12-8-16(4,5)9-13-15(12)20-14(18-13)10-19-11(2)3/h11-12,17H,6-10H2,1-5H3. The molecular weight excluding hydrogens is 284 g/mol. The zero-order valence-corrected chi connectivity index (χ0v) is 15.1. The second-order valence-corrected chi connectivity index (χ2v) is 9.51. The van der Waals surface area contributed by atoms with Crippen molar-refractivity contribution in [1.29, 1.82) is 0 Å². The van der Waals surface area contributed by atoms with Crippen molar-refractivity contribution in [3.8, 4) is 0 Å². The fraction of sp³-hybridized carbons (Fsp3) is 0.812. The molecule has 0 saturated carbocycles. The molecule has 1 aromatic heterocycles. The van der Waals surface area contributed by atoms with Crippen LogP contribution in [0.1, 0.15) is 69.1 Å². The summed E-state index contributed by atoms with van der Waals surface area (Å²) in [6, 6.07) is 0.518. The Morgan fingerprint density at radius 2 is 2.20 bits per heavy atom. The van der Waals surface area contributed by atoms with Gasteiger partial charge in [-0.3, -0.25) is 0 Å². The first-order valence-electron chi connectivity index (χ1n) is 7.75. The van der Waals surface area contributed by atoms with Crippen LogP contribution in [0.4, 0.5) is 0 Å². The number of thioether (sulfide) groups is 1. The maximum atomic E-state index is 4.93. The molecule has 114 valence electrons. The average molecular weight is 313 g/mol. The fourth-order valence-corrected chi connectivity index (χ4v) is 4.70. The third kappa shape index (κ3) is 4.22. The first kappa shape index (κ1) is 16.3. The molecule has 0 spiro atoms. The first-order chi connectivity index (χ1) is 9.41. The Balaban J connectivity index is 2.15. The van der Waals surface area contributed by atoms with Crippen molar-refractivity contribution < 1.29 is 0 Å². The summed E-state index contributed by atoms with van der Waals surface area (Å²) in [6.45, 7) is 12.6. The van der Waals surface area contributed by atoms with Gasteiger partial charge in [0, 0.05) is 16.7 Å². The Hall–Kier alpha value is -0.0600. The summed E-state index contributed by atoms with van der Waals surface area (Å²) < 4.78 is 0. The minimum atomic E-state index is 0.370. The van der Waals surface area contributed by atoms with Crippen LogP contribution in [0.3, 0.4) is 0 Å². The van der Waals surface area contributed by atoms with E-state index in [1.807, 2.05) is 23.1 Å². The van der Waals surface area contributed by atoms with Gasteiger partial charge in [0.25, 0.3) is 0 Å². The molecule has 0 fully saturated rings. The van der Waals surface area contributed by atoms with Crippen LogP contribution < -0.4 is 5.32 Å². The smallest absolute Gasteiger partial charge is 0.103 e. The molecule has 1 atom stereocenters. The van der Waals surface area contributed by atoms with Gasteiger partial charge in [-0.15, -0.1) is 11.3 Å². The Labute approximate surface area is 132 Å². The van der Waals surface area contributed by atoms with Crippen molar-refractivity contribution in [3.63, 3.8) is 0 Å². The number of nitrogens with one attached hydrogen (secondary N) is 1. The van der Waals surface area contributed by atoms with E-state index >= 15 is 0 Å². The zero-order valence-electron chi connectivity index (χ0n) is 13.5. The van der Waals surface area contributed by atoms with Crippen LogP contribution in [0, 0.1) is 5.41 Å². The fourth-order valence-electron chi connectivity index (χ4n) is 2.77. The van der Waals surface area contributed by atoms with E-state index in [2.05, 4.69) is 39.9 Å². The zero-order chi connectivity index (χ0) is 14.8. The van der Waals surface area contributed by atoms with Gasteiger partial charge in [0.2, 0.25) is 0 Å². The highest BCUT2D eigenvalue weighted by Crippen LogP contribution is 2.43. The van der Waals surface area contributed by atoms with E-state index in [0.717, 1.165) is 18.7 Å². The lowest BCUT2D eigenvalue weighted by Gasteiger charge is -2.34. The number of hydrogen-bond donors (Lipinski definition) is 1. The quantitative estimate of drug-likeness (QED) is 0.817. The van der Waals surface area contributed by atoms with Crippen LogP contribution in [-0.4, -0.2) is 16.8 Å². The van der Waals surface area contributed by atoms with Crippen LogP contribution in [-0.2, 0) is 12.2 Å². The highest BCUT2D eigenvalue weighted by atomic mass is 32.2. The monoisotopic (exact) mass is 312 g/mol. The van der Waals surface area contributed by atoms with Crippen LogP contribution in [0.15, 0.2) is 0 Å². The Bertz CT molecular complexity index is 438. The Morgan fingerprint density at radius 3 is 2.85 bits per heavy atom. The van der Waals surface area contributed by atoms with Crippen LogP contribution in [0.25, 0.3) is 0 Å². The largest absolute Gasteiger partial charge is 0.309 e. The van der Waals surface area contributed by atoms with Crippen molar-refractivity contribution in [1.82, 2.24) is 10.3 Å². The molecule has 2 nitrogen and oxygen atoms in total. The number of hydrogen-bond acceptors (Lipinski definition) is 4. The SMILES string of the molecule is CCCNC1CC(C)(C)Cc2nc(CSC(C)C)sc21.